The number of aromatic nitrogens is 6. The molecule has 6 aromatic rings. The molecule has 4 aromatic heterocycles. The minimum atomic E-state index is -5.07. The van der Waals surface area contributed by atoms with Gasteiger partial charge in [0, 0.05) is 39.0 Å². The Hall–Kier alpha value is -8.74. The number of carbonyl (C=O) groups excluding carboxylic acids is 3. The van der Waals surface area contributed by atoms with Gasteiger partial charge in [-0.3, -0.25) is 19.4 Å². The van der Waals surface area contributed by atoms with Crippen LogP contribution in [0, 0.1) is 51.4 Å². The summed E-state index contributed by atoms with van der Waals surface area (Å²) in [5, 5.41) is 17.2. The van der Waals surface area contributed by atoms with E-state index >= 15 is 0 Å². The standard InChI is InChI=1S/C35H41F6N5O5.C33H37F6N5O5/c1-6-45(17-23-10-8-22(9-11-23)12-29(47)49-7-2)32-28(43-27(16-42-32)30-19(3)44-51-21(30)5)18-46-20(4)31(50-33(46)48)24-13-25(34(36,37)38)15-26(14-24)35(39,40)41;1-5-43(15-21-8-6-20(7-9-21)10-27(45)46)30-26(41-25(14-40-30)28-17(2)42-49-19(28)4)16-44-18(3)29(48-31(44)47)22-11-23(32(34,35)36)13-24(12-22)33(37,38)39/h13-16,20,22-23,31H,6-12,17-18H2,1-5H3;11-14,18,20-21,29H,5-10,15-16H2,1-4H3,(H,45,46)/t20-,22?,23?,31?;18-,20?,21?,29?/m00/s1. The van der Waals surface area contributed by atoms with Crippen molar-refractivity contribution in [3.63, 3.8) is 0 Å². The normalized spacial score (nSPS) is 21.4. The van der Waals surface area contributed by atoms with Crippen LogP contribution in [0.1, 0.15) is 179 Å². The van der Waals surface area contributed by atoms with Crippen molar-refractivity contribution in [1.82, 2.24) is 40.0 Å². The van der Waals surface area contributed by atoms with Crippen molar-refractivity contribution in [2.75, 3.05) is 42.6 Å². The molecule has 32 heteroatoms. The lowest BCUT2D eigenvalue weighted by Crippen LogP contribution is -2.36. The monoisotopic (exact) mass is 1420 g/mol. The Labute approximate surface area is 568 Å². The summed E-state index contributed by atoms with van der Waals surface area (Å²) in [6, 6.07) is 0.423. The van der Waals surface area contributed by atoms with Crippen molar-refractivity contribution in [2.24, 2.45) is 23.7 Å². The number of anilines is 2. The highest BCUT2D eigenvalue weighted by Gasteiger charge is 2.47. The van der Waals surface area contributed by atoms with Crippen molar-refractivity contribution in [2.45, 2.75) is 189 Å². The van der Waals surface area contributed by atoms with Gasteiger partial charge in [0.2, 0.25) is 0 Å². The quantitative estimate of drug-likeness (QED) is 0.0401. The molecule has 0 radical (unpaired) electrons. The molecular formula is C68H78F12N10O10. The minimum absolute atomic E-state index is 0.0305. The van der Waals surface area contributed by atoms with Crippen LogP contribution in [0.2, 0.25) is 0 Å². The van der Waals surface area contributed by atoms with Crippen molar-refractivity contribution in [3.05, 3.63) is 116 Å². The van der Waals surface area contributed by atoms with Gasteiger partial charge in [-0.25, -0.2) is 29.5 Å². The van der Waals surface area contributed by atoms with Gasteiger partial charge in [-0.05, 0) is 185 Å². The summed E-state index contributed by atoms with van der Waals surface area (Å²) in [4.78, 5) is 75.5. The Bertz CT molecular complexity index is 3800. The topological polar surface area (TPSA) is 233 Å². The van der Waals surface area contributed by atoms with Crippen LogP contribution in [0.3, 0.4) is 0 Å². The molecule has 0 bridgehead atoms. The second-order valence-corrected chi connectivity index (χ2v) is 25.9. The molecule has 100 heavy (non-hydrogen) atoms. The number of alkyl halides is 12. The van der Waals surface area contributed by atoms with Crippen LogP contribution >= 0.6 is 0 Å². The van der Waals surface area contributed by atoms with Crippen molar-refractivity contribution < 1.29 is 100 Å². The first-order valence-electron chi connectivity index (χ1n) is 32.9. The molecule has 4 fully saturated rings. The van der Waals surface area contributed by atoms with Crippen molar-refractivity contribution in [1.29, 1.82) is 0 Å². The number of carbonyl (C=O) groups is 4. The molecule has 4 atom stereocenters. The predicted molar refractivity (Wildman–Crippen MR) is 336 cm³/mol. The molecule has 10 rings (SSSR count). The van der Waals surface area contributed by atoms with E-state index in [4.69, 9.17) is 43.2 Å². The molecule has 6 heterocycles. The SMILES string of the molecule is CCN(CC1CCC(CC(=O)O)CC1)c1ncc(-c2c(C)noc2C)nc1CN1C(=O)OC(c2cc(C(F)(F)F)cc(C(F)(F)F)c2)[C@@H]1C.CCOC(=O)CC1CCC(CN(CC)c2ncc(-c3c(C)noc3C)nc2CN2C(=O)OC(c3cc(C(F)(F)F)cc(C(F)(F)F)c3)[C@@H]2C)CC1. The minimum Gasteiger partial charge on any atom is -0.481 e. The third-order valence-electron chi connectivity index (χ3n) is 19.0. The van der Waals surface area contributed by atoms with Crippen molar-refractivity contribution >= 4 is 35.8 Å². The van der Waals surface area contributed by atoms with E-state index in [-0.39, 0.29) is 61.3 Å². The van der Waals surface area contributed by atoms with Gasteiger partial charge in [-0.2, -0.15) is 52.7 Å². The summed E-state index contributed by atoms with van der Waals surface area (Å²) in [5.74, 6) is 1.78. The Morgan fingerprint density at radius 1 is 0.540 bits per heavy atom. The second-order valence-electron chi connectivity index (χ2n) is 25.9. The number of cyclic esters (lactones) is 2. The number of rotatable bonds is 21. The van der Waals surface area contributed by atoms with E-state index < -0.39 is 101 Å². The van der Waals surface area contributed by atoms with Crippen LogP contribution in [-0.2, 0) is 61.6 Å². The number of carboxylic acids is 1. The lowest BCUT2D eigenvalue weighted by atomic mass is 9.80. The molecule has 2 aliphatic carbocycles. The fraction of sp³-hybridized carbons (Fsp3) is 0.559. The lowest BCUT2D eigenvalue weighted by molar-refractivity contribution is -0.145. The van der Waals surface area contributed by atoms with E-state index in [0.29, 0.717) is 132 Å². The Morgan fingerprint density at radius 2 is 0.880 bits per heavy atom. The van der Waals surface area contributed by atoms with E-state index in [1.165, 1.54) is 23.6 Å². The van der Waals surface area contributed by atoms with E-state index in [2.05, 4.69) is 10.3 Å². The van der Waals surface area contributed by atoms with Gasteiger partial charge in [0.15, 0.2) is 11.6 Å². The Kier molecular flexibility index (Phi) is 23.1. The van der Waals surface area contributed by atoms with E-state index in [0.717, 1.165) is 51.4 Å². The predicted octanol–water partition coefficient (Wildman–Crippen LogP) is 16.4. The molecule has 0 spiro atoms. The van der Waals surface area contributed by atoms with Crippen LogP contribution in [-0.4, -0.2) is 114 Å². The van der Waals surface area contributed by atoms with Crippen molar-refractivity contribution in [3.8, 4) is 22.5 Å². The van der Waals surface area contributed by atoms with Gasteiger partial charge in [0.1, 0.15) is 35.1 Å². The van der Waals surface area contributed by atoms with E-state index in [1.54, 1.807) is 47.0 Å². The summed E-state index contributed by atoms with van der Waals surface area (Å²) in [5.41, 5.74) is -3.03. The first-order chi connectivity index (χ1) is 46.9. The second kappa shape index (κ2) is 30.6. The number of aliphatic carboxylic acids is 1. The first-order valence-corrected chi connectivity index (χ1v) is 32.9. The molecule has 4 aliphatic rings. The van der Waals surface area contributed by atoms with Gasteiger partial charge >= 0.3 is 48.8 Å². The highest BCUT2D eigenvalue weighted by atomic mass is 19.4. The highest BCUT2D eigenvalue weighted by Crippen LogP contribution is 2.45. The largest absolute Gasteiger partial charge is 0.481 e. The first kappa shape index (κ1) is 75.5. The van der Waals surface area contributed by atoms with Gasteiger partial charge in [0.05, 0.1) is 100 Å². The maximum atomic E-state index is 13.7. The third-order valence-corrected chi connectivity index (χ3v) is 19.0. The average molecular weight is 1420 g/mol. The maximum absolute atomic E-state index is 13.7. The number of nitrogens with zero attached hydrogens (tertiary/aromatic N) is 10. The molecule has 2 amide bonds. The number of amides is 2. The Balaban J connectivity index is 0.000000233. The molecule has 2 aliphatic heterocycles. The van der Waals surface area contributed by atoms with E-state index in [9.17, 15) is 77.0 Å². The summed E-state index contributed by atoms with van der Waals surface area (Å²) in [6.07, 6.45) is -14.6. The number of ether oxygens (including phenoxy) is 3. The number of hydrogen-bond acceptors (Lipinski definition) is 17. The molecule has 544 valence electrons. The smallest absolute Gasteiger partial charge is 0.416 e. The van der Waals surface area contributed by atoms with Crippen LogP contribution in [0.25, 0.3) is 22.5 Å². The average Bonchev–Trinajstić information content (AvgIpc) is 1.55. The summed E-state index contributed by atoms with van der Waals surface area (Å²) >= 11 is 0. The zero-order chi connectivity index (χ0) is 73.1. The summed E-state index contributed by atoms with van der Waals surface area (Å²) in [7, 11) is 0. The molecule has 1 N–H and O–H groups in total. The lowest BCUT2D eigenvalue weighted by Gasteiger charge is -2.33. The van der Waals surface area contributed by atoms with Gasteiger partial charge in [0.25, 0.3) is 0 Å². The number of aryl methyl sites for hydroxylation is 4. The Morgan fingerprint density at radius 3 is 1.18 bits per heavy atom. The fourth-order valence-corrected chi connectivity index (χ4v) is 13.7. The number of esters is 1. The molecule has 2 saturated heterocycles. The molecule has 2 unspecified atom stereocenters. The van der Waals surface area contributed by atoms with E-state index in [1.807, 2.05) is 23.6 Å². The fourth-order valence-electron chi connectivity index (χ4n) is 13.7. The van der Waals surface area contributed by atoms with Crippen LogP contribution < -0.4 is 9.80 Å². The van der Waals surface area contributed by atoms with Gasteiger partial charge < -0.3 is 38.2 Å². The molecule has 2 aromatic carbocycles. The molecular weight excluding hydrogens is 1340 g/mol. The summed E-state index contributed by atoms with van der Waals surface area (Å²) < 4.78 is 190. The van der Waals surface area contributed by atoms with Crippen LogP contribution in [0.4, 0.5) is 73.9 Å². The molecule has 2 saturated carbocycles. The third kappa shape index (κ3) is 17.7. The number of halogens is 12. The number of carboxylic acid groups (broad SMARTS) is 1. The highest BCUT2D eigenvalue weighted by molar-refractivity contribution is 5.73. The summed E-state index contributed by atoms with van der Waals surface area (Å²) in [6.45, 7) is 17.7. The van der Waals surface area contributed by atoms with Gasteiger partial charge in [-0.15, -0.1) is 0 Å². The van der Waals surface area contributed by atoms with Crippen LogP contribution in [0.15, 0.2) is 57.8 Å². The molecule has 20 nitrogen and oxygen atoms in total. The zero-order valence-electron chi connectivity index (χ0n) is 56.4. The van der Waals surface area contributed by atoms with Gasteiger partial charge in [-0.1, -0.05) is 10.3 Å². The van der Waals surface area contributed by atoms with Crippen LogP contribution in [0.5, 0.6) is 0 Å². The maximum Gasteiger partial charge on any atom is 0.416 e. The zero-order valence-corrected chi connectivity index (χ0v) is 56.4. The number of hydrogen-bond donors (Lipinski definition) is 1. The number of benzene rings is 2.